The lowest BCUT2D eigenvalue weighted by Gasteiger charge is -2.12. The van der Waals surface area contributed by atoms with E-state index in [-0.39, 0.29) is 11.4 Å². The normalized spacial score (nSPS) is 11.7. The van der Waals surface area contributed by atoms with Crippen molar-refractivity contribution in [2.45, 2.75) is 26.2 Å². The standard InChI is InChI=1S/C12H22N4O2/c1-12(2,3)9-8-10(15-18-9)14-11(17)13-6-7-16(4)5/h8H,6-7H2,1-5H3,(H2,13,14,15,17). The number of aromatic nitrogens is 1. The van der Waals surface area contributed by atoms with Gasteiger partial charge in [0.25, 0.3) is 0 Å². The van der Waals surface area contributed by atoms with Gasteiger partial charge in [0.1, 0.15) is 5.76 Å². The molecule has 0 aliphatic heterocycles. The fourth-order valence-electron chi connectivity index (χ4n) is 1.24. The van der Waals surface area contributed by atoms with Gasteiger partial charge in [-0.15, -0.1) is 0 Å². The molecule has 102 valence electrons. The minimum absolute atomic E-state index is 0.117. The zero-order chi connectivity index (χ0) is 13.8. The number of carbonyl (C=O) groups excluding carboxylic acids is 1. The van der Waals surface area contributed by atoms with Crippen LogP contribution in [0, 0.1) is 0 Å². The van der Waals surface area contributed by atoms with Crippen LogP contribution >= 0.6 is 0 Å². The van der Waals surface area contributed by atoms with Gasteiger partial charge in [-0.05, 0) is 14.1 Å². The summed E-state index contributed by atoms with van der Waals surface area (Å²) in [5, 5.41) is 9.18. The molecule has 1 aromatic heterocycles. The van der Waals surface area contributed by atoms with Gasteiger partial charge in [-0.3, -0.25) is 5.32 Å². The molecule has 0 saturated heterocycles. The van der Waals surface area contributed by atoms with E-state index >= 15 is 0 Å². The Morgan fingerprint density at radius 1 is 1.44 bits per heavy atom. The number of nitrogens with one attached hydrogen (secondary N) is 2. The lowest BCUT2D eigenvalue weighted by atomic mass is 9.93. The van der Waals surface area contributed by atoms with Gasteiger partial charge in [0, 0.05) is 24.6 Å². The highest BCUT2D eigenvalue weighted by molar-refractivity contribution is 5.88. The Morgan fingerprint density at radius 2 is 2.11 bits per heavy atom. The van der Waals surface area contributed by atoms with E-state index in [0.29, 0.717) is 12.4 Å². The fraction of sp³-hybridized carbons (Fsp3) is 0.667. The van der Waals surface area contributed by atoms with Gasteiger partial charge in [0.15, 0.2) is 5.82 Å². The Balaban J connectivity index is 2.43. The van der Waals surface area contributed by atoms with Crippen LogP contribution in [0.4, 0.5) is 10.6 Å². The number of amides is 2. The molecule has 0 atom stereocenters. The fourth-order valence-corrected chi connectivity index (χ4v) is 1.24. The predicted octanol–water partition coefficient (Wildman–Crippen LogP) is 1.66. The van der Waals surface area contributed by atoms with Gasteiger partial charge in [-0.1, -0.05) is 25.9 Å². The van der Waals surface area contributed by atoms with E-state index < -0.39 is 0 Å². The molecule has 0 aliphatic carbocycles. The maximum atomic E-state index is 11.5. The van der Waals surface area contributed by atoms with Crippen LogP contribution in [-0.4, -0.2) is 43.3 Å². The summed E-state index contributed by atoms with van der Waals surface area (Å²) in [4.78, 5) is 13.5. The van der Waals surface area contributed by atoms with Crippen LogP contribution in [0.5, 0.6) is 0 Å². The van der Waals surface area contributed by atoms with Gasteiger partial charge in [-0.25, -0.2) is 4.79 Å². The summed E-state index contributed by atoms with van der Waals surface area (Å²) in [5.74, 6) is 1.17. The maximum Gasteiger partial charge on any atom is 0.320 e. The van der Waals surface area contributed by atoms with E-state index in [1.165, 1.54) is 0 Å². The molecule has 0 aliphatic rings. The van der Waals surface area contributed by atoms with E-state index in [4.69, 9.17) is 4.52 Å². The molecule has 0 saturated carbocycles. The van der Waals surface area contributed by atoms with Gasteiger partial charge in [0.2, 0.25) is 0 Å². The van der Waals surface area contributed by atoms with Crippen molar-refractivity contribution in [3.05, 3.63) is 11.8 Å². The third kappa shape index (κ3) is 4.75. The van der Waals surface area contributed by atoms with E-state index in [2.05, 4.69) is 15.8 Å². The summed E-state index contributed by atoms with van der Waals surface area (Å²) in [6, 6.07) is 1.47. The first-order valence-electron chi connectivity index (χ1n) is 5.96. The topological polar surface area (TPSA) is 70.4 Å². The zero-order valence-corrected chi connectivity index (χ0v) is 11.7. The van der Waals surface area contributed by atoms with Crippen molar-refractivity contribution in [3.8, 4) is 0 Å². The van der Waals surface area contributed by atoms with Gasteiger partial charge in [0.05, 0.1) is 0 Å². The second-order valence-corrected chi connectivity index (χ2v) is 5.51. The first-order valence-corrected chi connectivity index (χ1v) is 5.96. The summed E-state index contributed by atoms with van der Waals surface area (Å²) < 4.78 is 5.17. The molecule has 1 rings (SSSR count). The molecule has 2 amide bonds. The van der Waals surface area contributed by atoms with Crippen LogP contribution in [0.1, 0.15) is 26.5 Å². The number of anilines is 1. The van der Waals surface area contributed by atoms with Gasteiger partial charge < -0.3 is 14.7 Å². The predicted molar refractivity (Wildman–Crippen MR) is 70.8 cm³/mol. The maximum absolute atomic E-state index is 11.5. The highest BCUT2D eigenvalue weighted by Crippen LogP contribution is 2.24. The average Bonchev–Trinajstić information content (AvgIpc) is 2.64. The molecule has 1 heterocycles. The second-order valence-electron chi connectivity index (χ2n) is 5.51. The smallest absolute Gasteiger partial charge is 0.320 e. The van der Waals surface area contributed by atoms with Crippen LogP contribution < -0.4 is 10.6 Å². The average molecular weight is 254 g/mol. The molecule has 0 radical (unpaired) electrons. The Bertz CT molecular complexity index is 393. The molecule has 0 fully saturated rings. The van der Waals surface area contributed by atoms with E-state index in [9.17, 15) is 4.79 Å². The summed E-state index contributed by atoms with van der Waals surface area (Å²) in [6.45, 7) is 7.44. The second kappa shape index (κ2) is 5.86. The van der Waals surface area contributed by atoms with Crippen molar-refractivity contribution >= 4 is 11.8 Å². The van der Waals surface area contributed by atoms with Crippen molar-refractivity contribution in [2.75, 3.05) is 32.5 Å². The van der Waals surface area contributed by atoms with Gasteiger partial charge >= 0.3 is 6.03 Å². The van der Waals surface area contributed by atoms with Gasteiger partial charge in [-0.2, -0.15) is 0 Å². The van der Waals surface area contributed by atoms with Crippen molar-refractivity contribution in [1.82, 2.24) is 15.4 Å². The SMILES string of the molecule is CN(C)CCNC(=O)Nc1cc(C(C)(C)C)on1. The molecule has 18 heavy (non-hydrogen) atoms. The van der Waals surface area contributed by atoms with Crippen molar-refractivity contribution < 1.29 is 9.32 Å². The number of hydrogen-bond donors (Lipinski definition) is 2. The summed E-state index contributed by atoms with van der Waals surface area (Å²) >= 11 is 0. The quantitative estimate of drug-likeness (QED) is 0.857. The number of likely N-dealkylation sites (N-methyl/N-ethyl adjacent to an activating group) is 1. The lowest BCUT2D eigenvalue weighted by molar-refractivity contribution is 0.250. The van der Waals surface area contributed by atoms with E-state index in [1.807, 2.05) is 39.8 Å². The largest absolute Gasteiger partial charge is 0.359 e. The molecule has 0 aromatic carbocycles. The third-order valence-corrected chi connectivity index (χ3v) is 2.34. The monoisotopic (exact) mass is 254 g/mol. The molecule has 0 spiro atoms. The summed E-state index contributed by atoms with van der Waals surface area (Å²) in [5.41, 5.74) is -0.117. The van der Waals surface area contributed by atoms with Crippen LogP contribution in [0.3, 0.4) is 0 Å². The van der Waals surface area contributed by atoms with E-state index in [0.717, 1.165) is 12.3 Å². The first kappa shape index (κ1) is 14.5. The number of carbonyl (C=O) groups is 1. The third-order valence-electron chi connectivity index (χ3n) is 2.34. The Hall–Kier alpha value is -1.56. The first-order chi connectivity index (χ1) is 8.29. The number of nitrogens with zero attached hydrogens (tertiary/aromatic N) is 2. The highest BCUT2D eigenvalue weighted by Gasteiger charge is 2.20. The van der Waals surface area contributed by atoms with Crippen LogP contribution in [-0.2, 0) is 5.41 Å². The number of urea groups is 1. The van der Waals surface area contributed by atoms with E-state index in [1.54, 1.807) is 6.07 Å². The molecule has 0 unspecified atom stereocenters. The van der Waals surface area contributed by atoms with Crippen LogP contribution in [0.2, 0.25) is 0 Å². The van der Waals surface area contributed by atoms with Crippen LogP contribution in [0.15, 0.2) is 10.6 Å². The number of rotatable bonds is 4. The summed E-state index contributed by atoms with van der Waals surface area (Å²) in [7, 11) is 3.90. The Morgan fingerprint density at radius 3 is 2.61 bits per heavy atom. The summed E-state index contributed by atoms with van der Waals surface area (Å²) in [6.07, 6.45) is 0. The van der Waals surface area contributed by atoms with Crippen molar-refractivity contribution in [3.63, 3.8) is 0 Å². The Kier molecular flexibility index (Phi) is 4.72. The number of hydrogen-bond acceptors (Lipinski definition) is 4. The Labute approximate surface area is 108 Å². The van der Waals surface area contributed by atoms with Crippen LogP contribution in [0.25, 0.3) is 0 Å². The lowest BCUT2D eigenvalue weighted by Crippen LogP contribution is -2.34. The molecule has 6 heteroatoms. The minimum Gasteiger partial charge on any atom is -0.359 e. The molecule has 6 nitrogen and oxygen atoms in total. The zero-order valence-electron chi connectivity index (χ0n) is 11.7. The molecule has 0 bridgehead atoms. The van der Waals surface area contributed by atoms with Crippen molar-refractivity contribution in [2.24, 2.45) is 0 Å². The minimum atomic E-state index is -0.273. The van der Waals surface area contributed by atoms with Crippen molar-refractivity contribution in [1.29, 1.82) is 0 Å². The molecular formula is C12H22N4O2. The molecule has 2 N–H and O–H groups in total. The molecule has 1 aromatic rings. The molecular weight excluding hydrogens is 232 g/mol. The highest BCUT2D eigenvalue weighted by atomic mass is 16.5.